The molecule has 0 radical (unpaired) electrons. The van der Waals surface area contributed by atoms with E-state index in [1.807, 2.05) is 0 Å². The van der Waals surface area contributed by atoms with Gasteiger partial charge in [-0.3, -0.25) is 14.4 Å². The summed E-state index contributed by atoms with van der Waals surface area (Å²) in [6.07, 6.45) is 1.32. The molecule has 11 heavy (non-hydrogen) atoms. The van der Waals surface area contributed by atoms with E-state index in [2.05, 4.69) is 9.98 Å². The molecule has 0 saturated carbocycles. The van der Waals surface area contributed by atoms with Crippen LogP contribution in [0.2, 0.25) is 0 Å². The van der Waals surface area contributed by atoms with Gasteiger partial charge in [-0.2, -0.15) is 0 Å². The van der Waals surface area contributed by atoms with Crippen LogP contribution < -0.4 is 0 Å². The van der Waals surface area contributed by atoms with Gasteiger partial charge in [-0.05, 0) is 0 Å². The molecule has 0 spiro atoms. The molecule has 0 unspecified atom stereocenters. The summed E-state index contributed by atoms with van der Waals surface area (Å²) >= 11 is 0. The first kappa shape index (κ1) is 7.46. The Kier molecular flexibility index (Phi) is 2.00. The Balaban J connectivity index is 2.86. The van der Waals surface area contributed by atoms with Crippen LogP contribution in [0.5, 0.6) is 0 Å². The Labute approximate surface area is 61.8 Å². The zero-order chi connectivity index (χ0) is 8.27. The maximum Gasteiger partial charge on any atom is 0.288 e. The second-order valence-corrected chi connectivity index (χ2v) is 1.89. The number of amides is 2. The molecule has 0 bridgehead atoms. The fourth-order valence-electron chi connectivity index (χ4n) is 0.536. The summed E-state index contributed by atoms with van der Waals surface area (Å²) in [4.78, 5) is 38.0. The molecule has 0 aromatic rings. The normalized spacial score (nSPS) is 18.4. The molecule has 1 aliphatic heterocycles. The number of nitrogens with zero attached hydrogens (tertiary/aromatic N) is 2. The summed E-state index contributed by atoms with van der Waals surface area (Å²) in [6.45, 7) is 0. The van der Waals surface area contributed by atoms with Crippen molar-refractivity contribution in [1.82, 2.24) is 0 Å². The summed E-state index contributed by atoms with van der Waals surface area (Å²) in [5.74, 6) is -1.80. The fourth-order valence-corrected chi connectivity index (χ4v) is 0.536. The van der Waals surface area contributed by atoms with Gasteiger partial charge in [0.25, 0.3) is 11.8 Å². The van der Waals surface area contributed by atoms with Crippen molar-refractivity contribution in [2.45, 2.75) is 6.42 Å². The number of hydrogen-bond acceptors (Lipinski definition) is 3. The predicted octanol–water partition coefficient (Wildman–Crippen LogP) is -0.846. The second kappa shape index (κ2) is 2.96. The monoisotopic (exact) mass is 152 g/mol. The minimum Gasteiger partial charge on any atom is -0.293 e. The lowest BCUT2D eigenvalue weighted by atomic mass is 10.3. The third-order valence-electron chi connectivity index (χ3n) is 0.980. The number of aliphatic imine (C=N–C) groups is 2. The van der Waals surface area contributed by atoms with Crippen molar-refractivity contribution in [3.8, 4) is 0 Å². The zero-order valence-electron chi connectivity index (χ0n) is 5.48. The molecule has 1 aliphatic rings. The van der Waals surface area contributed by atoms with Gasteiger partial charge in [-0.25, -0.2) is 9.98 Å². The van der Waals surface area contributed by atoms with Gasteiger partial charge < -0.3 is 0 Å². The number of ketones is 1. The van der Waals surface area contributed by atoms with Gasteiger partial charge in [0.1, 0.15) is 0 Å². The average molecular weight is 152 g/mol. The lowest BCUT2D eigenvalue weighted by Gasteiger charge is -1.91. The minimum atomic E-state index is -0.689. The van der Waals surface area contributed by atoms with E-state index in [4.69, 9.17) is 0 Å². The van der Waals surface area contributed by atoms with Crippen LogP contribution >= 0.6 is 0 Å². The molecule has 56 valence electrons. The SMILES string of the molecule is O=C1C=NC(=O)C=NC(=O)C1. The summed E-state index contributed by atoms with van der Waals surface area (Å²) < 4.78 is 0. The van der Waals surface area contributed by atoms with Gasteiger partial charge in [0.2, 0.25) is 0 Å². The fraction of sp³-hybridized carbons (Fsp3) is 0.167. The lowest BCUT2D eigenvalue weighted by molar-refractivity contribution is -0.123. The molecule has 0 aromatic carbocycles. The first-order chi connectivity index (χ1) is 5.18. The highest BCUT2D eigenvalue weighted by Gasteiger charge is 2.08. The van der Waals surface area contributed by atoms with Gasteiger partial charge >= 0.3 is 0 Å². The van der Waals surface area contributed by atoms with Crippen molar-refractivity contribution in [2.24, 2.45) is 9.98 Å². The highest BCUT2D eigenvalue weighted by molar-refractivity contribution is 6.40. The Morgan fingerprint density at radius 1 is 1.09 bits per heavy atom. The van der Waals surface area contributed by atoms with E-state index in [1.54, 1.807) is 0 Å². The molecule has 0 saturated heterocycles. The topological polar surface area (TPSA) is 75.9 Å². The van der Waals surface area contributed by atoms with Crippen LogP contribution in [-0.2, 0) is 14.4 Å². The molecule has 1 heterocycles. The molecule has 0 atom stereocenters. The second-order valence-electron chi connectivity index (χ2n) is 1.89. The van der Waals surface area contributed by atoms with Crippen molar-refractivity contribution >= 4 is 30.0 Å². The Morgan fingerprint density at radius 3 is 2.55 bits per heavy atom. The molecule has 2 amide bonds. The van der Waals surface area contributed by atoms with Crippen LogP contribution in [0.4, 0.5) is 0 Å². The van der Waals surface area contributed by atoms with Gasteiger partial charge in [-0.1, -0.05) is 0 Å². The first-order valence-corrected chi connectivity index (χ1v) is 2.86. The number of rotatable bonds is 0. The highest BCUT2D eigenvalue weighted by atomic mass is 16.2. The van der Waals surface area contributed by atoms with Crippen molar-refractivity contribution < 1.29 is 14.4 Å². The summed E-state index contributed by atoms with van der Waals surface area (Å²) in [5.41, 5.74) is 0. The third-order valence-corrected chi connectivity index (χ3v) is 0.980. The molecule has 5 heteroatoms. The quantitative estimate of drug-likeness (QED) is 0.424. The van der Waals surface area contributed by atoms with Crippen LogP contribution in [-0.4, -0.2) is 30.0 Å². The van der Waals surface area contributed by atoms with Crippen molar-refractivity contribution in [1.29, 1.82) is 0 Å². The molecular formula is C6H4N2O3. The van der Waals surface area contributed by atoms with E-state index in [9.17, 15) is 14.4 Å². The van der Waals surface area contributed by atoms with E-state index >= 15 is 0 Å². The van der Waals surface area contributed by atoms with E-state index in [0.29, 0.717) is 0 Å². The Bertz CT molecular complexity index is 252. The minimum absolute atomic E-state index is 0.312. The molecular weight excluding hydrogens is 148 g/mol. The van der Waals surface area contributed by atoms with Crippen LogP contribution in [0, 0.1) is 0 Å². The molecule has 0 fully saturated rings. The summed E-state index contributed by atoms with van der Waals surface area (Å²) in [6, 6.07) is 0. The number of hydrogen-bond donors (Lipinski definition) is 0. The number of carbonyl (C=O) groups is 3. The number of carbonyl (C=O) groups excluding carboxylic acids is 3. The van der Waals surface area contributed by atoms with Crippen LogP contribution in [0.15, 0.2) is 9.98 Å². The van der Waals surface area contributed by atoms with Gasteiger partial charge in [-0.15, -0.1) is 0 Å². The first-order valence-electron chi connectivity index (χ1n) is 2.86. The summed E-state index contributed by atoms with van der Waals surface area (Å²) in [5, 5.41) is 0. The lowest BCUT2D eigenvalue weighted by Crippen LogP contribution is -2.12. The van der Waals surface area contributed by atoms with E-state index in [1.165, 1.54) is 0 Å². The standard InChI is InChI=1S/C6H4N2O3/c9-4-1-5(10)8-3-6(11)7-2-4/h2-3H,1H2. The number of Topliss-reactive ketones (excluding diaryl/α,β-unsaturated/α-hetero) is 1. The third kappa shape index (κ3) is 2.21. The van der Waals surface area contributed by atoms with Gasteiger partial charge in [0.05, 0.1) is 18.9 Å². The Hall–Kier alpha value is -1.65. The van der Waals surface area contributed by atoms with Crippen LogP contribution in [0.25, 0.3) is 0 Å². The van der Waals surface area contributed by atoms with E-state index in [-0.39, 0.29) is 6.42 Å². The van der Waals surface area contributed by atoms with Crippen molar-refractivity contribution in [3.63, 3.8) is 0 Å². The maximum atomic E-state index is 10.6. The molecule has 0 N–H and O–H groups in total. The molecule has 5 nitrogen and oxygen atoms in total. The maximum absolute atomic E-state index is 10.6. The predicted molar refractivity (Wildman–Crippen MR) is 36.6 cm³/mol. The largest absolute Gasteiger partial charge is 0.293 e. The van der Waals surface area contributed by atoms with E-state index in [0.717, 1.165) is 12.4 Å². The Morgan fingerprint density at radius 2 is 1.82 bits per heavy atom. The van der Waals surface area contributed by atoms with Crippen LogP contribution in [0.1, 0.15) is 6.42 Å². The van der Waals surface area contributed by atoms with E-state index < -0.39 is 17.6 Å². The highest BCUT2D eigenvalue weighted by Crippen LogP contribution is 1.89. The van der Waals surface area contributed by atoms with Crippen LogP contribution in [0.3, 0.4) is 0 Å². The van der Waals surface area contributed by atoms with Gasteiger partial charge in [0, 0.05) is 0 Å². The van der Waals surface area contributed by atoms with Gasteiger partial charge in [0.15, 0.2) is 5.78 Å². The zero-order valence-corrected chi connectivity index (χ0v) is 5.48. The molecule has 0 aliphatic carbocycles. The van der Waals surface area contributed by atoms with Crippen molar-refractivity contribution in [3.05, 3.63) is 0 Å². The average Bonchev–Trinajstić information content (AvgIpc) is 1.95. The molecule has 0 aromatic heterocycles. The molecule has 1 rings (SSSR count). The van der Waals surface area contributed by atoms with Crippen molar-refractivity contribution in [2.75, 3.05) is 0 Å². The smallest absolute Gasteiger partial charge is 0.288 e. The summed E-state index contributed by atoms with van der Waals surface area (Å²) in [7, 11) is 0.